The van der Waals surface area contributed by atoms with Crippen molar-refractivity contribution >= 4 is 57.8 Å². The zero-order valence-corrected chi connectivity index (χ0v) is 28.0. The number of amides is 2. The van der Waals surface area contributed by atoms with Crippen LogP contribution in [-0.4, -0.2) is 92.9 Å². The SMILES string of the molecule is CCOc1ccc(NC(=O)CC2C(=O)N(c3ccc(OC)c(Cl)c3)C(=S)N2CCCN2CCN(c3ccc(OC)cc3)CC2)cc1. The van der Waals surface area contributed by atoms with Gasteiger partial charge in [-0.3, -0.25) is 19.4 Å². The van der Waals surface area contributed by atoms with Gasteiger partial charge in [0.1, 0.15) is 23.3 Å². The van der Waals surface area contributed by atoms with Crippen molar-refractivity contribution in [2.45, 2.75) is 25.8 Å². The first-order valence-corrected chi connectivity index (χ1v) is 16.2. The second-order valence-electron chi connectivity index (χ2n) is 11.1. The van der Waals surface area contributed by atoms with E-state index in [1.807, 2.05) is 24.0 Å². The highest BCUT2D eigenvalue weighted by Crippen LogP contribution is 2.33. The summed E-state index contributed by atoms with van der Waals surface area (Å²) >= 11 is 12.3. The quantitative estimate of drug-likeness (QED) is 0.245. The van der Waals surface area contributed by atoms with E-state index in [1.165, 1.54) is 17.7 Å². The summed E-state index contributed by atoms with van der Waals surface area (Å²) in [6.45, 7) is 7.56. The molecule has 5 rings (SSSR count). The molecule has 2 amide bonds. The van der Waals surface area contributed by atoms with Crippen molar-refractivity contribution in [3.8, 4) is 17.2 Å². The summed E-state index contributed by atoms with van der Waals surface area (Å²) in [5, 5.41) is 3.64. The molecule has 2 aliphatic rings. The Balaban J connectivity index is 1.23. The van der Waals surface area contributed by atoms with Crippen molar-refractivity contribution < 1.29 is 23.8 Å². The van der Waals surface area contributed by atoms with Crippen LogP contribution in [0, 0.1) is 0 Å². The first-order chi connectivity index (χ1) is 22.3. The number of anilines is 3. The molecule has 3 aromatic carbocycles. The van der Waals surface area contributed by atoms with Crippen LogP contribution in [0.15, 0.2) is 66.7 Å². The molecule has 2 fully saturated rings. The van der Waals surface area contributed by atoms with E-state index in [4.69, 9.17) is 38.0 Å². The minimum absolute atomic E-state index is 0.0485. The molecule has 1 unspecified atom stereocenters. The molecule has 0 radical (unpaired) electrons. The van der Waals surface area contributed by atoms with Gasteiger partial charge in [-0.05, 0) is 98.8 Å². The molecule has 244 valence electrons. The van der Waals surface area contributed by atoms with Gasteiger partial charge in [0, 0.05) is 44.1 Å². The minimum Gasteiger partial charge on any atom is -0.497 e. The zero-order chi connectivity index (χ0) is 32.6. The van der Waals surface area contributed by atoms with E-state index in [-0.39, 0.29) is 18.2 Å². The van der Waals surface area contributed by atoms with Crippen LogP contribution >= 0.6 is 23.8 Å². The number of hydrogen-bond donors (Lipinski definition) is 1. The van der Waals surface area contributed by atoms with Crippen molar-refractivity contribution in [2.75, 3.05) is 75.2 Å². The molecule has 12 heteroatoms. The number of nitrogens with zero attached hydrogens (tertiary/aromatic N) is 4. The van der Waals surface area contributed by atoms with E-state index >= 15 is 0 Å². The van der Waals surface area contributed by atoms with Gasteiger partial charge in [0.15, 0.2) is 5.11 Å². The van der Waals surface area contributed by atoms with E-state index in [9.17, 15) is 9.59 Å². The van der Waals surface area contributed by atoms with E-state index < -0.39 is 6.04 Å². The number of methoxy groups -OCH3 is 2. The van der Waals surface area contributed by atoms with Crippen LogP contribution in [0.25, 0.3) is 0 Å². The number of piperazine rings is 1. The number of halogens is 1. The molecule has 3 aromatic rings. The second-order valence-corrected chi connectivity index (χ2v) is 11.8. The van der Waals surface area contributed by atoms with Crippen molar-refractivity contribution in [1.29, 1.82) is 0 Å². The lowest BCUT2D eigenvalue weighted by molar-refractivity contribution is -0.124. The van der Waals surface area contributed by atoms with E-state index in [0.29, 0.717) is 40.4 Å². The molecular formula is C34H40ClN5O5S. The summed E-state index contributed by atoms with van der Waals surface area (Å²) in [5.74, 6) is 1.53. The Hall–Kier alpha value is -4.06. The van der Waals surface area contributed by atoms with Gasteiger partial charge >= 0.3 is 0 Å². The maximum atomic E-state index is 13.9. The average molecular weight is 666 g/mol. The first kappa shape index (κ1) is 33.3. The molecule has 1 atom stereocenters. The Morgan fingerprint density at radius 3 is 2.22 bits per heavy atom. The fourth-order valence-electron chi connectivity index (χ4n) is 5.80. The second kappa shape index (κ2) is 15.5. The highest BCUT2D eigenvalue weighted by molar-refractivity contribution is 7.80. The maximum absolute atomic E-state index is 13.9. The predicted octanol–water partition coefficient (Wildman–Crippen LogP) is 5.30. The predicted molar refractivity (Wildman–Crippen MR) is 186 cm³/mol. The molecule has 2 aliphatic heterocycles. The largest absolute Gasteiger partial charge is 0.497 e. The van der Waals surface area contributed by atoms with Crippen LogP contribution in [0.2, 0.25) is 5.02 Å². The van der Waals surface area contributed by atoms with Crippen molar-refractivity contribution in [3.63, 3.8) is 0 Å². The van der Waals surface area contributed by atoms with Gasteiger partial charge in [-0.2, -0.15) is 0 Å². The highest BCUT2D eigenvalue weighted by atomic mass is 35.5. The molecule has 46 heavy (non-hydrogen) atoms. The summed E-state index contributed by atoms with van der Waals surface area (Å²) in [5.41, 5.74) is 2.35. The van der Waals surface area contributed by atoms with Crippen LogP contribution in [0.1, 0.15) is 19.8 Å². The van der Waals surface area contributed by atoms with Crippen molar-refractivity contribution in [2.24, 2.45) is 0 Å². The van der Waals surface area contributed by atoms with Crippen LogP contribution in [0.5, 0.6) is 17.2 Å². The number of carbonyl (C=O) groups is 2. The Bertz CT molecular complexity index is 1520. The van der Waals surface area contributed by atoms with Gasteiger partial charge in [-0.25, -0.2) is 0 Å². The van der Waals surface area contributed by atoms with Crippen LogP contribution in [0.4, 0.5) is 17.1 Å². The first-order valence-electron chi connectivity index (χ1n) is 15.4. The zero-order valence-electron chi connectivity index (χ0n) is 26.4. The van der Waals surface area contributed by atoms with Crippen molar-refractivity contribution in [1.82, 2.24) is 9.80 Å². The van der Waals surface area contributed by atoms with Gasteiger partial charge in [-0.15, -0.1) is 0 Å². The number of rotatable bonds is 13. The Morgan fingerprint density at radius 1 is 0.913 bits per heavy atom. The Labute approximate surface area is 280 Å². The molecule has 2 saturated heterocycles. The fourth-order valence-corrected chi connectivity index (χ4v) is 6.46. The van der Waals surface area contributed by atoms with Gasteiger partial charge in [0.05, 0.1) is 38.0 Å². The Kier molecular flexibility index (Phi) is 11.2. The van der Waals surface area contributed by atoms with Crippen molar-refractivity contribution in [3.05, 3.63) is 71.8 Å². The van der Waals surface area contributed by atoms with Crippen LogP contribution in [-0.2, 0) is 9.59 Å². The summed E-state index contributed by atoms with van der Waals surface area (Å²) in [7, 11) is 3.21. The average Bonchev–Trinajstić information content (AvgIpc) is 3.30. The molecule has 0 aromatic heterocycles. The number of benzene rings is 3. The Morgan fingerprint density at radius 2 is 1.59 bits per heavy atom. The van der Waals surface area contributed by atoms with Gasteiger partial charge in [0.25, 0.3) is 5.91 Å². The lowest BCUT2D eigenvalue weighted by Crippen LogP contribution is -2.47. The number of nitrogens with one attached hydrogen (secondary N) is 1. The van der Waals surface area contributed by atoms with E-state index in [1.54, 1.807) is 49.6 Å². The van der Waals surface area contributed by atoms with Crippen LogP contribution < -0.4 is 29.3 Å². The molecule has 10 nitrogen and oxygen atoms in total. The summed E-state index contributed by atoms with van der Waals surface area (Å²) in [4.78, 5) is 35.3. The smallest absolute Gasteiger partial charge is 0.256 e. The molecule has 0 spiro atoms. The van der Waals surface area contributed by atoms with Gasteiger partial charge in [-0.1, -0.05) is 11.6 Å². The standard InChI is InChI=1S/C34H40ClN5O5S/c1-4-45-28-11-6-24(7-12-28)36-32(41)23-30-33(42)40(26-10-15-31(44-3)29(35)22-26)34(46)39(30)17-5-16-37-18-20-38(21-19-37)25-8-13-27(43-2)14-9-25/h6-15,22,30H,4-5,16-21,23H2,1-3H3,(H,36,41). The minimum atomic E-state index is -0.747. The number of ether oxygens (including phenoxy) is 3. The van der Waals surface area contributed by atoms with Crippen LogP contribution in [0.3, 0.4) is 0 Å². The normalized spacial score (nSPS) is 17.0. The molecular weight excluding hydrogens is 626 g/mol. The summed E-state index contributed by atoms with van der Waals surface area (Å²) in [6.07, 6.45) is 0.733. The van der Waals surface area contributed by atoms with E-state index in [2.05, 4.69) is 27.2 Å². The molecule has 0 aliphatic carbocycles. The highest BCUT2D eigenvalue weighted by Gasteiger charge is 2.44. The molecule has 1 N–H and O–H groups in total. The molecule has 0 saturated carbocycles. The third-order valence-electron chi connectivity index (χ3n) is 8.22. The summed E-state index contributed by atoms with van der Waals surface area (Å²) in [6, 6.07) is 19.7. The number of hydrogen-bond acceptors (Lipinski definition) is 8. The lowest BCUT2D eigenvalue weighted by Gasteiger charge is -2.36. The third-order valence-corrected chi connectivity index (χ3v) is 8.94. The topological polar surface area (TPSA) is 86.8 Å². The maximum Gasteiger partial charge on any atom is 0.256 e. The molecule has 2 heterocycles. The van der Waals surface area contributed by atoms with Gasteiger partial charge < -0.3 is 29.3 Å². The monoisotopic (exact) mass is 665 g/mol. The van der Waals surface area contributed by atoms with Gasteiger partial charge in [0.2, 0.25) is 5.91 Å². The lowest BCUT2D eigenvalue weighted by atomic mass is 10.1. The number of thiocarbonyl (C=S) groups is 1. The summed E-state index contributed by atoms with van der Waals surface area (Å²) < 4.78 is 16.1. The number of carbonyl (C=O) groups excluding carboxylic acids is 2. The van der Waals surface area contributed by atoms with E-state index in [0.717, 1.165) is 50.6 Å². The molecule has 0 bridgehead atoms. The fraction of sp³-hybridized carbons (Fsp3) is 0.382. The third kappa shape index (κ3) is 7.83.